The predicted molar refractivity (Wildman–Crippen MR) is 83.0 cm³/mol. The summed E-state index contributed by atoms with van der Waals surface area (Å²) in [6.45, 7) is 6.94. The molecule has 2 heterocycles. The molecule has 6 heteroatoms. The van der Waals surface area contributed by atoms with Gasteiger partial charge in [-0.25, -0.2) is 9.97 Å². The fraction of sp³-hybridized carbons (Fsp3) is 0.400. The Bertz CT molecular complexity index is 697. The van der Waals surface area contributed by atoms with E-state index in [-0.39, 0.29) is 0 Å². The number of hydrogen-bond donors (Lipinski definition) is 1. The quantitative estimate of drug-likeness (QED) is 0.834. The van der Waals surface area contributed by atoms with Crippen molar-refractivity contribution in [2.45, 2.75) is 6.92 Å². The van der Waals surface area contributed by atoms with Crippen LogP contribution >= 0.6 is 0 Å². The van der Waals surface area contributed by atoms with Crippen molar-refractivity contribution in [3.63, 3.8) is 0 Å². The molecule has 1 aliphatic heterocycles. The van der Waals surface area contributed by atoms with Gasteiger partial charge in [0.25, 0.3) is 0 Å². The number of piperazine rings is 1. The van der Waals surface area contributed by atoms with Crippen molar-refractivity contribution in [2.75, 3.05) is 43.4 Å². The van der Waals surface area contributed by atoms with Gasteiger partial charge in [-0.1, -0.05) is 6.92 Å². The Kier molecular flexibility index (Phi) is 3.59. The zero-order valence-electron chi connectivity index (χ0n) is 12.1. The van der Waals surface area contributed by atoms with Crippen molar-refractivity contribution in [2.24, 2.45) is 0 Å². The van der Waals surface area contributed by atoms with Gasteiger partial charge in [0.2, 0.25) is 0 Å². The van der Waals surface area contributed by atoms with Gasteiger partial charge in [-0.3, -0.25) is 0 Å². The maximum Gasteiger partial charge on any atom is 0.183 e. The van der Waals surface area contributed by atoms with Crippen LogP contribution in [0.5, 0.6) is 0 Å². The number of benzene rings is 1. The van der Waals surface area contributed by atoms with Crippen LogP contribution in [0.3, 0.4) is 0 Å². The molecule has 0 radical (unpaired) electrons. The van der Waals surface area contributed by atoms with Gasteiger partial charge in [0, 0.05) is 31.9 Å². The van der Waals surface area contributed by atoms with E-state index in [4.69, 9.17) is 5.73 Å². The molecule has 1 saturated heterocycles. The molecular weight excluding hydrogens is 264 g/mol. The summed E-state index contributed by atoms with van der Waals surface area (Å²) in [6.07, 6.45) is 0. The van der Waals surface area contributed by atoms with E-state index in [1.807, 2.05) is 12.1 Å². The summed E-state index contributed by atoms with van der Waals surface area (Å²) in [5.74, 6) is 0.686. The van der Waals surface area contributed by atoms with Gasteiger partial charge in [-0.2, -0.15) is 5.26 Å². The van der Waals surface area contributed by atoms with Crippen LogP contribution in [-0.2, 0) is 0 Å². The summed E-state index contributed by atoms with van der Waals surface area (Å²) in [5, 5.41) is 9.36. The lowest BCUT2D eigenvalue weighted by Crippen LogP contribution is -2.46. The number of hydrogen-bond acceptors (Lipinski definition) is 6. The van der Waals surface area contributed by atoms with Crippen molar-refractivity contribution in [3.8, 4) is 6.07 Å². The van der Waals surface area contributed by atoms with Gasteiger partial charge in [0.15, 0.2) is 11.5 Å². The van der Waals surface area contributed by atoms with Crippen LogP contribution < -0.4 is 10.6 Å². The van der Waals surface area contributed by atoms with E-state index in [0.29, 0.717) is 22.7 Å². The summed E-state index contributed by atoms with van der Waals surface area (Å²) < 4.78 is 0. The first-order valence-corrected chi connectivity index (χ1v) is 7.16. The van der Waals surface area contributed by atoms with Crippen molar-refractivity contribution in [1.29, 1.82) is 5.26 Å². The Balaban J connectivity index is 1.98. The van der Waals surface area contributed by atoms with Gasteiger partial charge in [-0.15, -0.1) is 0 Å². The normalized spacial score (nSPS) is 16.1. The Labute approximate surface area is 123 Å². The predicted octanol–water partition coefficient (Wildman–Crippen LogP) is 1.23. The SMILES string of the molecule is CCN1CCN(c2nc3ccc(N)cc3nc2C#N)CC1. The number of nitriles is 1. The Morgan fingerprint density at radius 1 is 1.19 bits per heavy atom. The number of aromatic nitrogens is 2. The summed E-state index contributed by atoms with van der Waals surface area (Å²) in [4.78, 5) is 13.6. The monoisotopic (exact) mass is 282 g/mol. The summed E-state index contributed by atoms with van der Waals surface area (Å²) in [6, 6.07) is 7.57. The molecule has 0 saturated carbocycles. The molecule has 1 aromatic carbocycles. The molecule has 0 unspecified atom stereocenters. The molecule has 108 valence electrons. The van der Waals surface area contributed by atoms with Crippen LogP contribution in [0.4, 0.5) is 11.5 Å². The molecule has 0 amide bonds. The average Bonchev–Trinajstić information content (AvgIpc) is 2.53. The fourth-order valence-corrected chi connectivity index (χ4v) is 2.63. The van der Waals surface area contributed by atoms with Crippen molar-refractivity contribution < 1.29 is 0 Å². The maximum absolute atomic E-state index is 9.36. The highest BCUT2D eigenvalue weighted by Gasteiger charge is 2.20. The Morgan fingerprint density at radius 3 is 2.62 bits per heavy atom. The van der Waals surface area contributed by atoms with Crippen molar-refractivity contribution in [1.82, 2.24) is 14.9 Å². The van der Waals surface area contributed by atoms with E-state index in [1.165, 1.54) is 0 Å². The number of anilines is 2. The summed E-state index contributed by atoms with van der Waals surface area (Å²) in [7, 11) is 0. The Morgan fingerprint density at radius 2 is 1.95 bits per heavy atom. The van der Waals surface area contributed by atoms with Crippen LogP contribution in [0.2, 0.25) is 0 Å². The van der Waals surface area contributed by atoms with Crippen LogP contribution in [0, 0.1) is 11.3 Å². The zero-order valence-corrected chi connectivity index (χ0v) is 12.1. The highest BCUT2D eigenvalue weighted by molar-refractivity contribution is 5.80. The molecule has 0 aliphatic carbocycles. The first-order chi connectivity index (χ1) is 10.2. The number of nitrogen functional groups attached to an aromatic ring is 1. The molecule has 0 atom stereocenters. The van der Waals surface area contributed by atoms with Crippen molar-refractivity contribution >= 4 is 22.5 Å². The van der Waals surface area contributed by atoms with Gasteiger partial charge in [0.05, 0.1) is 11.0 Å². The fourth-order valence-electron chi connectivity index (χ4n) is 2.63. The van der Waals surface area contributed by atoms with Crippen LogP contribution in [0.25, 0.3) is 11.0 Å². The minimum Gasteiger partial charge on any atom is -0.399 e. The van der Waals surface area contributed by atoms with Crippen LogP contribution in [0.1, 0.15) is 12.6 Å². The lowest BCUT2D eigenvalue weighted by atomic mass is 10.2. The molecule has 1 fully saturated rings. The molecule has 2 N–H and O–H groups in total. The van der Waals surface area contributed by atoms with Crippen LogP contribution in [0.15, 0.2) is 18.2 Å². The number of rotatable bonds is 2. The molecule has 6 nitrogen and oxygen atoms in total. The molecule has 21 heavy (non-hydrogen) atoms. The second-order valence-corrected chi connectivity index (χ2v) is 5.18. The van der Waals surface area contributed by atoms with E-state index in [0.717, 1.165) is 38.2 Å². The second kappa shape index (κ2) is 5.54. The summed E-state index contributed by atoms with van der Waals surface area (Å²) >= 11 is 0. The first kappa shape index (κ1) is 13.6. The van der Waals surface area contributed by atoms with E-state index in [1.54, 1.807) is 6.07 Å². The van der Waals surface area contributed by atoms with Gasteiger partial charge >= 0.3 is 0 Å². The van der Waals surface area contributed by atoms with Crippen LogP contribution in [-0.4, -0.2) is 47.6 Å². The topological polar surface area (TPSA) is 82.1 Å². The first-order valence-electron chi connectivity index (χ1n) is 7.16. The maximum atomic E-state index is 9.36. The second-order valence-electron chi connectivity index (χ2n) is 5.18. The molecule has 0 spiro atoms. The lowest BCUT2D eigenvalue weighted by Gasteiger charge is -2.34. The minimum atomic E-state index is 0.373. The van der Waals surface area contributed by atoms with Gasteiger partial charge in [0.1, 0.15) is 6.07 Å². The molecule has 3 rings (SSSR count). The van der Waals surface area contributed by atoms with Crippen molar-refractivity contribution in [3.05, 3.63) is 23.9 Å². The largest absolute Gasteiger partial charge is 0.399 e. The van der Waals surface area contributed by atoms with E-state index in [2.05, 4.69) is 32.8 Å². The zero-order chi connectivity index (χ0) is 14.8. The number of nitrogens with two attached hydrogens (primary N) is 1. The number of fused-ring (bicyclic) bond motifs is 1. The molecule has 2 aromatic rings. The summed E-state index contributed by atoms with van der Waals surface area (Å²) in [5.41, 5.74) is 8.21. The van der Waals surface area contributed by atoms with Gasteiger partial charge < -0.3 is 15.5 Å². The average molecular weight is 282 g/mol. The standard InChI is InChI=1S/C15H18N6/c1-2-20-5-7-21(8-6-20)15-14(10-16)18-13-9-11(17)3-4-12(13)19-15/h3-4,9H,2,5-8,17H2,1H3. The smallest absolute Gasteiger partial charge is 0.183 e. The third-order valence-corrected chi connectivity index (χ3v) is 3.89. The third kappa shape index (κ3) is 2.60. The lowest BCUT2D eigenvalue weighted by molar-refractivity contribution is 0.270. The molecular formula is C15H18N6. The molecule has 1 aliphatic rings. The Hall–Kier alpha value is -2.39. The van der Waals surface area contributed by atoms with E-state index < -0.39 is 0 Å². The molecule has 1 aromatic heterocycles. The van der Waals surface area contributed by atoms with E-state index in [9.17, 15) is 5.26 Å². The number of nitrogens with zero attached hydrogens (tertiary/aromatic N) is 5. The van der Waals surface area contributed by atoms with Gasteiger partial charge in [-0.05, 0) is 24.7 Å². The minimum absolute atomic E-state index is 0.373. The third-order valence-electron chi connectivity index (χ3n) is 3.89. The van der Waals surface area contributed by atoms with E-state index >= 15 is 0 Å². The highest BCUT2D eigenvalue weighted by Crippen LogP contribution is 2.22. The molecule has 0 bridgehead atoms. The highest BCUT2D eigenvalue weighted by atomic mass is 15.3. The number of likely N-dealkylation sites (N-methyl/N-ethyl adjacent to an activating group) is 1.